The van der Waals surface area contributed by atoms with Gasteiger partial charge in [-0.1, -0.05) is 48.5 Å². The van der Waals surface area contributed by atoms with Gasteiger partial charge in [-0.25, -0.2) is 4.79 Å². The number of hydrogen-bond donors (Lipinski definition) is 4. The summed E-state index contributed by atoms with van der Waals surface area (Å²) in [5.74, 6) is -0.776. The van der Waals surface area contributed by atoms with Gasteiger partial charge in [-0.2, -0.15) is 0 Å². The molecule has 0 aromatic heterocycles. The van der Waals surface area contributed by atoms with Gasteiger partial charge in [0.05, 0.1) is 0 Å². The Balaban J connectivity index is 1.83. The molecule has 2 aromatic rings. The van der Waals surface area contributed by atoms with E-state index in [0.29, 0.717) is 16.9 Å². The molecule has 7 heteroatoms. The maximum atomic E-state index is 12.1. The first-order valence-electron chi connectivity index (χ1n) is 9.67. The third-order valence-corrected chi connectivity index (χ3v) is 6.29. The number of piperidine rings is 3. The second-order valence-electron chi connectivity index (χ2n) is 7.83. The fourth-order valence-corrected chi connectivity index (χ4v) is 4.71. The molecule has 3 aliphatic rings. The molecule has 2 aromatic carbocycles. The largest absolute Gasteiger partial charge is 0.488 e. The van der Waals surface area contributed by atoms with Crippen molar-refractivity contribution in [2.45, 2.75) is 30.9 Å². The maximum Gasteiger partial charge on any atom is 0.488 e. The Morgan fingerprint density at radius 3 is 2.25 bits per heavy atom. The lowest BCUT2D eigenvalue weighted by Crippen LogP contribution is -2.47. The van der Waals surface area contributed by atoms with Crippen LogP contribution >= 0.6 is 0 Å². The van der Waals surface area contributed by atoms with E-state index in [1.54, 1.807) is 36.4 Å². The summed E-state index contributed by atoms with van der Waals surface area (Å²) >= 11 is 0. The fraction of sp³-hybridized carbons (Fsp3) is 0.381. The number of carbonyl (C=O) groups is 1. The molecule has 0 spiro atoms. The van der Waals surface area contributed by atoms with Crippen molar-refractivity contribution < 1.29 is 25.1 Å². The van der Waals surface area contributed by atoms with E-state index in [9.17, 15) is 25.1 Å². The second-order valence-corrected chi connectivity index (χ2v) is 7.83. The van der Waals surface area contributed by atoms with Crippen LogP contribution in [0.4, 0.5) is 0 Å². The maximum absolute atomic E-state index is 12.1. The van der Waals surface area contributed by atoms with E-state index >= 15 is 0 Å². The molecule has 4 N–H and O–H groups in total. The summed E-state index contributed by atoms with van der Waals surface area (Å²) in [7, 11) is -1.65. The lowest BCUT2D eigenvalue weighted by Gasteiger charge is -2.46. The molecule has 5 rings (SSSR count). The van der Waals surface area contributed by atoms with E-state index in [0.717, 1.165) is 32.4 Å². The van der Waals surface area contributed by atoms with E-state index in [-0.39, 0.29) is 17.2 Å². The van der Waals surface area contributed by atoms with Gasteiger partial charge in [0.1, 0.15) is 0 Å². The Labute approximate surface area is 164 Å². The molecule has 0 radical (unpaired) electrons. The molecule has 0 amide bonds. The van der Waals surface area contributed by atoms with Crippen molar-refractivity contribution in [3.8, 4) is 0 Å². The predicted molar refractivity (Wildman–Crippen MR) is 105 cm³/mol. The van der Waals surface area contributed by atoms with Gasteiger partial charge in [-0.3, -0.25) is 4.90 Å². The minimum Gasteiger partial charge on any atom is -0.479 e. The standard InChI is InChI=1S/C21H24BNO5/c24-20(25)21(26,15-4-2-1-3-5-15)16-6-7-18(22(27)28)17(13-16)19-12-14-8-10-23(19)11-9-14/h1-7,13-14,19,26-28H,8-12H2,(H,24,25). The number of benzene rings is 2. The van der Waals surface area contributed by atoms with Crippen LogP contribution in [0.2, 0.25) is 0 Å². The molecule has 146 valence electrons. The molecule has 2 atom stereocenters. The van der Waals surface area contributed by atoms with Crippen LogP contribution in [-0.4, -0.2) is 51.3 Å². The topological polar surface area (TPSA) is 101 Å². The van der Waals surface area contributed by atoms with Crippen LogP contribution in [0.5, 0.6) is 0 Å². The van der Waals surface area contributed by atoms with Gasteiger partial charge in [0.25, 0.3) is 0 Å². The number of hydrogen-bond acceptors (Lipinski definition) is 5. The third kappa shape index (κ3) is 3.14. The first kappa shape index (κ1) is 19.1. The highest BCUT2D eigenvalue weighted by atomic mass is 16.4. The summed E-state index contributed by atoms with van der Waals surface area (Å²) in [5.41, 5.74) is -0.683. The summed E-state index contributed by atoms with van der Waals surface area (Å²) in [4.78, 5) is 14.4. The summed E-state index contributed by atoms with van der Waals surface area (Å²) in [5, 5.41) is 40.8. The monoisotopic (exact) mass is 381 g/mol. The van der Waals surface area contributed by atoms with Gasteiger partial charge in [0, 0.05) is 6.04 Å². The van der Waals surface area contributed by atoms with Crippen LogP contribution in [-0.2, 0) is 10.4 Å². The lowest BCUT2D eigenvalue weighted by atomic mass is 9.70. The van der Waals surface area contributed by atoms with E-state index in [1.165, 1.54) is 12.1 Å². The normalized spacial score (nSPS) is 25.9. The van der Waals surface area contributed by atoms with Crippen molar-refractivity contribution in [1.29, 1.82) is 0 Å². The van der Waals surface area contributed by atoms with E-state index in [2.05, 4.69) is 4.90 Å². The average molecular weight is 381 g/mol. The summed E-state index contributed by atoms with van der Waals surface area (Å²) in [6.45, 7) is 1.89. The average Bonchev–Trinajstić information content (AvgIpc) is 2.74. The predicted octanol–water partition coefficient (Wildman–Crippen LogP) is 0.844. The smallest absolute Gasteiger partial charge is 0.479 e. The van der Waals surface area contributed by atoms with Gasteiger partial charge in [-0.15, -0.1) is 0 Å². The Morgan fingerprint density at radius 2 is 1.71 bits per heavy atom. The summed E-state index contributed by atoms with van der Waals surface area (Å²) in [6.07, 6.45) is 3.17. The van der Waals surface area contributed by atoms with Gasteiger partial charge in [0.15, 0.2) is 0 Å². The molecule has 6 nitrogen and oxygen atoms in total. The highest BCUT2D eigenvalue weighted by Crippen LogP contribution is 2.41. The third-order valence-electron chi connectivity index (χ3n) is 6.29. The van der Waals surface area contributed by atoms with Crippen LogP contribution < -0.4 is 5.46 Å². The molecule has 0 saturated carbocycles. The van der Waals surface area contributed by atoms with Gasteiger partial charge >= 0.3 is 13.1 Å². The molecule has 3 heterocycles. The number of carboxylic acid groups (broad SMARTS) is 1. The number of nitrogens with zero attached hydrogens (tertiary/aromatic N) is 1. The molecule has 0 aliphatic carbocycles. The van der Waals surface area contributed by atoms with E-state index < -0.39 is 18.7 Å². The molecule has 2 bridgehead atoms. The zero-order valence-corrected chi connectivity index (χ0v) is 15.5. The second kappa shape index (κ2) is 7.33. The quantitative estimate of drug-likeness (QED) is 0.573. The Bertz CT molecular complexity index is 866. The Morgan fingerprint density at radius 1 is 1.04 bits per heavy atom. The van der Waals surface area contributed by atoms with Crippen molar-refractivity contribution in [2.75, 3.05) is 13.1 Å². The fourth-order valence-electron chi connectivity index (χ4n) is 4.71. The first-order valence-corrected chi connectivity index (χ1v) is 9.67. The minimum atomic E-state index is -2.21. The minimum absolute atomic E-state index is 0.00179. The highest BCUT2D eigenvalue weighted by Gasteiger charge is 2.42. The Hall–Kier alpha value is -2.19. The molecular formula is C21H24BNO5. The molecule has 3 fully saturated rings. The molecule has 3 aliphatic heterocycles. The van der Waals surface area contributed by atoms with Crippen LogP contribution in [0.1, 0.15) is 42.0 Å². The van der Waals surface area contributed by atoms with Crippen molar-refractivity contribution in [3.63, 3.8) is 0 Å². The lowest BCUT2D eigenvalue weighted by molar-refractivity contribution is -0.155. The van der Waals surface area contributed by atoms with E-state index in [1.807, 2.05) is 0 Å². The zero-order chi connectivity index (χ0) is 19.9. The molecule has 3 saturated heterocycles. The zero-order valence-electron chi connectivity index (χ0n) is 15.5. The first-order chi connectivity index (χ1) is 13.4. The number of fused-ring (bicyclic) bond motifs is 3. The van der Waals surface area contributed by atoms with Crippen LogP contribution in [0.3, 0.4) is 0 Å². The van der Waals surface area contributed by atoms with Crippen LogP contribution in [0.25, 0.3) is 0 Å². The van der Waals surface area contributed by atoms with Crippen molar-refractivity contribution >= 4 is 18.6 Å². The van der Waals surface area contributed by atoms with Crippen molar-refractivity contribution in [3.05, 3.63) is 65.2 Å². The van der Waals surface area contributed by atoms with Gasteiger partial charge in [0.2, 0.25) is 5.60 Å². The van der Waals surface area contributed by atoms with Crippen molar-refractivity contribution in [1.82, 2.24) is 4.90 Å². The molecule has 28 heavy (non-hydrogen) atoms. The summed E-state index contributed by atoms with van der Waals surface area (Å²) in [6, 6.07) is 12.9. The number of aliphatic hydroxyl groups is 1. The van der Waals surface area contributed by atoms with Crippen LogP contribution in [0, 0.1) is 5.92 Å². The highest BCUT2D eigenvalue weighted by molar-refractivity contribution is 6.59. The number of rotatable bonds is 5. The number of carboxylic acids is 1. The van der Waals surface area contributed by atoms with Crippen molar-refractivity contribution in [2.24, 2.45) is 5.92 Å². The SMILES string of the molecule is O=C(O)C(O)(c1ccccc1)c1ccc(B(O)O)c(C2CC3CCN2CC3)c1. The Kier molecular flexibility index (Phi) is 5.01. The van der Waals surface area contributed by atoms with Gasteiger partial charge in [-0.05, 0) is 60.4 Å². The van der Waals surface area contributed by atoms with E-state index in [4.69, 9.17) is 0 Å². The van der Waals surface area contributed by atoms with Gasteiger partial charge < -0.3 is 20.3 Å². The number of aliphatic carboxylic acids is 1. The molecule has 2 unspecified atom stereocenters. The summed E-state index contributed by atoms with van der Waals surface area (Å²) < 4.78 is 0. The van der Waals surface area contributed by atoms with Crippen LogP contribution in [0.15, 0.2) is 48.5 Å². The molecular weight excluding hydrogens is 357 g/mol.